The van der Waals surface area contributed by atoms with Crippen molar-refractivity contribution in [2.75, 3.05) is 27.9 Å². The zero-order chi connectivity index (χ0) is 26.4. The highest BCUT2D eigenvalue weighted by Crippen LogP contribution is 2.34. The highest BCUT2D eigenvalue weighted by atomic mass is 16.6. The van der Waals surface area contributed by atoms with Crippen LogP contribution in [-0.2, 0) is 17.7 Å². The average Bonchev–Trinajstić information content (AvgIpc) is 3.17. The van der Waals surface area contributed by atoms with Gasteiger partial charge < -0.3 is 23.5 Å². The molecule has 1 aromatic heterocycles. The van der Waals surface area contributed by atoms with Gasteiger partial charge in [-0.05, 0) is 44.0 Å². The van der Waals surface area contributed by atoms with Crippen LogP contribution in [0.1, 0.15) is 37.7 Å². The molecule has 0 N–H and O–H groups in total. The number of Topliss-reactive ketones (excluding diaryl/α,β-unsaturated/α-hetero) is 1. The van der Waals surface area contributed by atoms with Crippen molar-refractivity contribution in [1.29, 1.82) is 0 Å². The van der Waals surface area contributed by atoms with Crippen molar-refractivity contribution in [1.82, 2.24) is 4.57 Å². The van der Waals surface area contributed by atoms with Crippen LogP contribution in [0, 0.1) is 24.0 Å². The molecule has 3 rings (SSSR count). The van der Waals surface area contributed by atoms with Gasteiger partial charge in [0.25, 0.3) is 5.69 Å². The molecule has 10 heteroatoms. The normalized spacial score (nSPS) is 10.6. The number of esters is 1. The number of aromatic nitrogens is 1. The van der Waals surface area contributed by atoms with Gasteiger partial charge in [0.1, 0.15) is 11.3 Å². The second-order valence-corrected chi connectivity index (χ2v) is 8.02. The number of nitro groups is 1. The van der Waals surface area contributed by atoms with Crippen molar-refractivity contribution in [3.63, 3.8) is 0 Å². The minimum atomic E-state index is -1.01. The third-order valence-corrected chi connectivity index (χ3v) is 5.91. The van der Waals surface area contributed by atoms with E-state index in [-0.39, 0.29) is 17.1 Å². The molecule has 0 bridgehead atoms. The first-order chi connectivity index (χ1) is 17.2. The average molecular weight is 497 g/mol. The molecule has 1 heterocycles. The van der Waals surface area contributed by atoms with Gasteiger partial charge in [0.2, 0.25) is 5.78 Å². The van der Waals surface area contributed by atoms with Gasteiger partial charge in [-0.2, -0.15) is 0 Å². The minimum absolute atomic E-state index is 0.0962. The number of hydrogen-bond acceptors (Lipinski definition) is 8. The van der Waals surface area contributed by atoms with Gasteiger partial charge in [0.05, 0.1) is 32.3 Å². The Balaban J connectivity index is 1.72. The molecule has 2 aromatic carbocycles. The lowest BCUT2D eigenvalue weighted by Gasteiger charge is -2.11. The predicted octanol–water partition coefficient (Wildman–Crippen LogP) is 4.32. The molecular formula is C26H28N2O8. The number of hydrogen-bond donors (Lipinski definition) is 0. The first-order valence-electron chi connectivity index (χ1n) is 11.1. The fourth-order valence-corrected chi connectivity index (χ4v) is 3.93. The number of nitro benzene ring substituents is 1. The number of methoxy groups -OCH3 is 3. The molecule has 0 aliphatic heterocycles. The Labute approximate surface area is 208 Å². The van der Waals surface area contributed by atoms with E-state index < -0.39 is 29.0 Å². The monoisotopic (exact) mass is 496 g/mol. The molecule has 0 saturated heterocycles. The van der Waals surface area contributed by atoms with Gasteiger partial charge >= 0.3 is 5.97 Å². The molecule has 0 atom stereocenters. The Bertz CT molecular complexity index is 1280. The van der Waals surface area contributed by atoms with Crippen molar-refractivity contribution < 1.29 is 33.5 Å². The maximum absolute atomic E-state index is 12.9. The molecule has 190 valence electrons. The molecule has 0 unspecified atom stereocenters. The number of nitrogens with zero attached hydrogens (tertiary/aromatic N) is 2. The van der Waals surface area contributed by atoms with E-state index in [1.807, 2.05) is 42.7 Å². The number of ketones is 1. The molecule has 0 saturated carbocycles. The van der Waals surface area contributed by atoms with E-state index in [4.69, 9.17) is 18.9 Å². The Morgan fingerprint density at radius 1 is 0.917 bits per heavy atom. The van der Waals surface area contributed by atoms with Crippen LogP contribution in [0.3, 0.4) is 0 Å². The van der Waals surface area contributed by atoms with Gasteiger partial charge in [-0.25, -0.2) is 4.79 Å². The van der Waals surface area contributed by atoms with Gasteiger partial charge in [-0.15, -0.1) is 0 Å². The number of carbonyl (C=O) groups is 2. The second-order valence-electron chi connectivity index (χ2n) is 8.02. The fraction of sp³-hybridized carbons (Fsp3) is 0.308. The van der Waals surface area contributed by atoms with Crippen molar-refractivity contribution in [2.24, 2.45) is 0 Å². The zero-order valence-corrected chi connectivity index (χ0v) is 20.8. The zero-order valence-electron chi connectivity index (χ0n) is 20.8. The largest absolute Gasteiger partial charge is 0.497 e. The molecule has 0 fully saturated rings. The highest BCUT2D eigenvalue weighted by Gasteiger charge is 2.27. The molecule has 0 radical (unpaired) electrons. The summed E-state index contributed by atoms with van der Waals surface area (Å²) in [6, 6.07) is 11.8. The predicted molar refractivity (Wildman–Crippen MR) is 131 cm³/mol. The van der Waals surface area contributed by atoms with Crippen LogP contribution in [0.5, 0.6) is 17.2 Å². The lowest BCUT2D eigenvalue weighted by atomic mass is 10.1. The van der Waals surface area contributed by atoms with Crippen LogP contribution in [-0.4, -0.2) is 49.2 Å². The van der Waals surface area contributed by atoms with Gasteiger partial charge in [-0.1, -0.05) is 12.1 Å². The molecular weight excluding hydrogens is 468 g/mol. The number of ether oxygens (including phenoxy) is 4. The van der Waals surface area contributed by atoms with Crippen LogP contribution in [0.2, 0.25) is 0 Å². The second kappa shape index (κ2) is 11.4. The Morgan fingerprint density at radius 2 is 1.56 bits per heavy atom. The quantitative estimate of drug-likeness (QED) is 0.167. The summed E-state index contributed by atoms with van der Waals surface area (Å²) < 4.78 is 22.5. The van der Waals surface area contributed by atoms with Crippen LogP contribution in [0.4, 0.5) is 5.69 Å². The van der Waals surface area contributed by atoms with E-state index in [1.165, 1.54) is 14.2 Å². The van der Waals surface area contributed by atoms with Crippen molar-refractivity contribution in [3.05, 3.63) is 80.7 Å². The molecule has 0 spiro atoms. The standard InChI is InChI=1S/C26H28N2O8/c1-16-12-20(17(2)27(16)11-10-18-6-8-19(33-3)9-7-18)23(29)15-36-26(30)21-13-24(34-4)25(35-5)14-22(21)28(31)32/h6-9,12-14H,10-11,15H2,1-5H3. The van der Waals surface area contributed by atoms with E-state index >= 15 is 0 Å². The van der Waals surface area contributed by atoms with Gasteiger partial charge in [-0.3, -0.25) is 14.9 Å². The number of aryl methyl sites for hydroxylation is 2. The number of rotatable bonds is 11. The molecule has 0 aliphatic carbocycles. The van der Waals surface area contributed by atoms with Crippen LogP contribution in [0.15, 0.2) is 42.5 Å². The topological polar surface area (TPSA) is 119 Å². The summed E-state index contributed by atoms with van der Waals surface area (Å²) in [4.78, 5) is 36.3. The van der Waals surface area contributed by atoms with Crippen molar-refractivity contribution >= 4 is 17.4 Å². The van der Waals surface area contributed by atoms with Crippen LogP contribution >= 0.6 is 0 Å². The Morgan fingerprint density at radius 3 is 2.14 bits per heavy atom. The fourth-order valence-electron chi connectivity index (χ4n) is 3.93. The summed E-state index contributed by atoms with van der Waals surface area (Å²) in [5.74, 6) is -0.409. The van der Waals surface area contributed by atoms with Crippen LogP contribution in [0.25, 0.3) is 0 Å². The molecule has 0 aliphatic rings. The molecule has 10 nitrogen and oxygen atoms in total. The first kappa shape index (κ1) is 26.3. The van der Waals surface area contributed by atoms with E-state index in [0.29, 0.717) is 12.1 Å². The summed E-state index contributed by atoms with van der Waals surface area (Å²) in [5, 5.41) is 11.5. The summed E-state index contributed by atoms with van der Waals surface area (Å²) in [7, 11) is 4.28. The lowest BCUT2D eigenvalue weighted by molar-refractivity contribution is -0.385. The van der Waals surface area contributed by atoms with E-state index in [1.54, 1.807) is 13.2 Å². The third-order valence-electron chi connectivity index (χ3n) is 5.91. The SMILES string of the molecule is COc1ccc(CCn2c(C)cc(C(=O)COC(=O)c3cc(OC)c(OC)cc3[N+](=O)[O-])c2C)cc1. The van der Waals surface area contributed by atoms with Crippen LogP contribution < -0.4 is 14.2 Å². The Hall–Kier alpha value is -4.34. The highest BCUT2D eigenvalue weighted by molar-refractivity contribution is 6.01. The van der Waals surface area contributed by atoms with Crippen molar-refractivity contribution in [3.8, 4) is 17.2 Å². The van der Waals surface area contributed by atoms with Gasteiger partial charge in [0.15, 0.2) is 18.1 Å². The Kier molecular flexibility index (Phi) is 8.31. The third kappa shape index (κ3) is 5.65. The lowest BCUT2D eigenvalue weighted by Crippen LogP contribution is -2.16. The van der Waals surface area contributed by atoms with E-state index in [9.17, 15) is 19.7 Å². The smallest absolute Gasteiger partial charge is 0.345 e. The number of carbonyl (C=O) groups excluding carboxylic acids is 2. The number of benzene rings is 2. The summed E-state index contributed by atoms with van der Waals surface area (Å²) in [6.45, 7) is 3.83. The van der Waals surface area contributed by atoms with E-state index in [2.05, 4.69) is 0 Å². The molecule has 3 aromatic rings. The summed E-state index contributed by atoms with van der Waals surface area (Å²) >= 11 is 0. The molecule has 36 heavy (non-hydrogen) atoms. The maximum Gasteiger partial charge on any atom is 0.345 e. The van der Waals surface area contributed by atoms with E-state index in [0.717, 1.165) is 41.3 Å². The first-order valence-corrected chi connectivity index (χ1v) is 11.1. The molecule has 0 amide bonds. The van der Waals surface area contributed by atoms with Gasteiger partial charge in [0, 0.05) is 29.6 Å². The minimum Gasteiger partial charge on any atom is -0.497 e. The maximum atomic E-state index is 12.9. The van der Waals surface area contributed by atoms with Crippen molar-refractivity contribution in [2.45, 2.75) is 26.8 Å². The summed E-state index contributed by atoms with van der Waals surface area (Å²) in [5.41, 5.74) is 2.35. The summed E-state index contributed by atoms with van der Waals surface area (Å²) in [6.07, 6.45) is 0.756.